The molecule has 0 fully saturated rings. The van der Waals surface area contributed by atoms with Crippen LogP contribution in [0.15, 0.2) is 22.8 Å². The second-order valence-corrected chi connectivity index (χ2v) is 3.90. The smallest absolute Gasteiger partial charge is 0.305 e. The van der Waals surface area contributed by atoms with Gasteiger partial charge in [0.15, 0.2) is 5.76 Å². The molecule has 2 N–H and O–H groups in total. The lowest BCUT2D eigenvalue weighted by Gasteiger charge is -2.19. The van der Waals surface area contributed by atoms with Crippen molar-refractivity contribution >= 4 is 11.9 Å². The first kappa shape index (κ1) is 12.3. The normalized spacial score (nSPS) is 12.4. The van der Waals surface area contributed by atoms with Crippen LogP contribution in [0.1, 0.15) is 30.8 Å². The quantitative estimate of drug-likeness (QED) is 0.796. The van der Waals surface area contributed by atoms with E-state index in [1.165, 1.54) is 12.3 Å². The van der Waals surface area contributed by atoms with Gasteiger partial charge >= 0.3 is 5.97 Å². The third kappa shape index (κ3) is 3.42. The highest BCUT2D eigenvalue weighted by atomic mass is 16.4. The lowest BCUT2D eigenvalue weighted by molar-refractivity contribution is -0.137. The van der Waals surface area contributed by atoms with Gasteiger partial charge in [0.05, 0.1) is 12.7 Å². The van der Waals surface area contributed by atoms with E-state index in [4.69, 9.17) is 9.52 Å². The molecule has 1 aromatic heterocycles. The van der Waals surface area contributed by atoms with Crippen LogP contribution in [0.2, 0.25) is 0 Å². The Morgan fingerprint density at radius 2 is 2.19 bits per heavy atom. The van der Waals surface area contributed by atoms with Gasteiger partial charge in [0, 0.05) is 6.04 Å². The van der Waals surface area contributed by atoms with Crippen molar-refractivity contribution in [2.24, 2.45) is 5.92 Å². The molecule has 1 aromatic rings. The summed E-state index contributed by atoms with van der Waals surface area (Å²) in [5.41, 5.74) is 0. The fraction of sp³-hybridized carbons (Fsp3) is 0.455. The molecule has 0 bridgehead atoms. The van der Waals surface area contributed by atoms with E-state index in [-0.39, 0.29) is 24.0 Å². The molecule has 0 aliphatic carbocycles. The molecule has 0 aliphatic heterocycles. The van der Waals surface area contributed by atoms with Gasteiger partial charge in [-0.15, -0.1) is 0 Å². The van der Waals surface area contributed by atoms with Crippen LogP contribution >= 0.6 is 0 Å². The average molecular weight is 225 g/mol. The third-order valence-corrected chi connectivity index (χ3v) is 2.26. The number of rotatable bonds is 5. The zero-order chi connectivity index (χ0) is 12.1. The molecule has 5 nitrogen and oxygen atoms in total. The minimum absolute atomic E-state index is 0.0509. The Morgan fingerprint density at radius 3 is 2.62 bits per heavy atom. The number of carboxylic acid groups (broad SMARTS) is 1. The summed E-state index contributed by atoms with van der Waals surface area (Å²) in [6.45, 7) is 3.71. The first-order valence-electron chi connectivity index (χ1n) is 5.07. The molecular formula is C11H15NO4. The number of nitrogens with one attached hydrogen (secondary N) is 1. The molecule has 16 heavy (non-hydrogen) atoms. The summed E-state index contributed by atoms with van der Waals surface area (Å²) < 4.78 is 4.92. The van der Waals surface area contributed by atoms with Crippen LogP contribution in [0.3, 0.4) is 0 Å². The molecule has 0 aromatic carbocycles. The Morgan fingerprint density at radius 1 is 1.50 bits per heavy atom. The molecule has 1 atom stereocenters. The Kier molecular flexibility index (Phi) is 4.10. The second kappa shape index (κ2) is 5.34. The van der Waals surface area contributed by atoms with E-state index < -0.39 is 12.0 Å². The molecule has 1 heterocycles. The van der Waals surface area contributed by atoms with Crippen LogP contribution in [0.25, 0.3) is 0 Å². The van der Waals surface area contributed by atoms with Crippen LogP contribution in [0, 0.1) is 5.92 Å². The fourth-order valence-corrected chi connectivity index (χ4v) is 1.29. The highest BCUT2D eigenvalue weighted by Crippen LogP contribution is 2.08. The highest BCUT2D eigenvalue weighted by Gasteiger charge is 2.20. The van der Waals surface area contributed by atoms with Crippen molar-refractivity contribution < 1.29 is 19.1 Å². The van der Waals surface area contributed by atoms with Crippen molar-refractivity contribution in [2.45, 2.75) is 26.3 Å². The highest BCUT2D eigenvalue weighted by molar-refractivity contribution is 5.91. The van der Waals surface area contributed by atoms with Gasteiger partial charge in [-0.3, -0.25) is 9.59 Å². The molecule has 0 spiro atoms. The summed E-state index contributed by atoms with van der Waals surface area (Å²) in [4.78, 5) is 22.2. The van der Waals surface area contributed by atoms with Crippen molar-refractivity contribution in [2.75, 3.05) is 0 Å². The minimum Gasteiger partial charge on any atom is -0.481 e. The molecule has 0 radical (unpaired) electrons. The summed E-state index contributed by atoms with van der Waals surface area (Å²) in [5.74, 6) is -1.07. The van der Waals surface area contributed by atoms with Gasteiger partial charge < -0.3 is 14.8 Å². The minimum atomic E-state index is -0.932. The number of carbonyl (C=O) groups excluding carboxylic acids is 1. The van der Waals surface area contributed by atoms with Gasteiger partial charge in [-0.05, 0) is 18.1 Å². The Labute approximate surface area is 93.4 Å². The van der Waals surface area contributed by atoms with Gasteiger partial charge in [0.2, 0.25) is 0 Å². The number of hydrogen-bond acceptors (Lipinski definition) is 3. The number of carboxylic acids is 1. The van der Waals surface area contributed by atoms with E-state index in [2.05, 4.69) is 5.32 Å². The predicted octanol–water partition coefficient (Wildman–Crippen LogP) is 1.51. The Hall–Kier alpha value is -1.78. The zero-order valence-corrected chi connectivity index (χ0v) is 9.27. The van der Waals surface area contributed by atoms with Gasteiger partial charge in [-0.1, -0.05) is 13.8 Å². The summed E-state index contributed by atoms with van der Waals surface area (Å²) in [6, 6.07) is 2.75. The third-order valence-electron chi connectivity index (χ3n) is 2.26. The van der Waals surface area contributed by atoms with Crippen molar-refractivity contribution in [3.63, 3.8) is 0 Å². The predicted molar refractivity (Wildman–Crippen MR) is 57.1 cm³/mol. The van der Waals surface area contributed by atoms with E-state index in [0.29, 0.717) is 0 Å². The van der Waals surface area contributed by atoms with E-state index in [1.54, 1.807) is 6.07 Å². The van der Waals surface area contributed by atoms with Crippen molar-refractivity contribution in [3.05, 3.63) is 24.2 Å². The van der Waals surface area contributed by atoms with Crippen LogP contribution < -0.4 is 5.32 Å². The lowest BCUT2D eigenvalue weighted by atomic mass is 10.0. The van der Waals surface area contributed by atoms with Crippen LogP contribution in [0.5, 0.6) is 0 Å². The number of aliphatic carboxylic acids is 1. The molecule has 88 valence electrons. The maximum Gasteiger partial charge on any atom is 0.305 e. The van der Waals surface area contributed by atoms with Gasteiger partial charge in [-0.2, -0.15) is 0 Å². The molecule has 5 heteroatoms. The molecule has 1 rings (SSSR count). The van der Waals surface area contributed by atoms with Gasteiger partial charge in [-0.25, -0.2) is 0 Å². The first-order chi connectivity index (χ1) is 7.50. The maximum atomic E-state index is 11.6. The molecule has 1 amide bonds. The largest absolute Gasteiger partial charge is 0.481 e. The monoisotopic (exact) mass is 225 g/mol. The molecule has 0 aliphatic rings. The number of amides is 1. The Balaban J connectivity index is 2.61. The number of hydrogen-bond donors (Lipinski definition) is 2. The zero-order valence-electron chi connectivity index (χ0n) is 9.27. The molecule has 0 saturated carbocycles. The average Bonchev–Trinajstić information content (AvgIpc) is 2.68. The standard InChI is InChI=1S/C11H15NO4/c1-7(2)8(6-10(13)14)12-11(15)9-4-3-5-16-9/h3-5,7-8H,6H2,1-2H3,(H,12,15)(H,13,14). The van der Waals surface area contributed by atoms with Crippen molar-refractivity contribution in [1.82, 2.24) is 5.32 Å². The van der Waals surface area contributed by atoms with E-state index in [9.17, 15) is 9.59 Å². The topological polar surface area (TPSA) is 79.5 Å². The number of carbonyl (C=O) groups is 2. The lowest BCUT2D eigenvalue weighted by Crippen LogP contribution is -2.39. The first-order valence-corrected chi connectivity index (χ1v) is 5.07. The van der Waals surface area contributed by atoms with Gasteiger partial charge in [0.1, 0.15) is 0 Å². The molecular weight excluding hydrogens is 210 g/mol. The Bertz CT molecular complexity index is 356. The second-order valence-electron chi connectivity index (χ2n) is 3.90. The van der Waals surface area contributed by atoms with Gasteiger partial charge in [0.25, 0.3) is 5.91 Å². The summed E-state index contributed by atoms with van der Waals surface area (Å²) >= 11 is 0. The SMILES string of the molecule is CC(C)C(CC(=O)O)NC(=O)c1ccco1. The number of furan rings is 1. The van der Waals surface area contributed by atoms with Crippen molar-refractivity contribution in [3.8, 4) is 0 Å². The summed E-state index contributed by atoms with van der Waals surface area (Å²) in [5, 5.41) is 11.3. The maximum absolute atomic E-state index is 11.6. The fourth-order valence-electron chi connectivity index (χ4n) is 1.29. The van der Waals surface area contributed by atoms with E-state index in [1.807, 2.05) is 13.8 Å². The van der Waals surface area contributed by atoms with Crippen molar-refractivity contribution in [1.29, 1.82) is 0 Å². The van der Waals surface area contributed by atoms with Crippen LogP contribution in [-0.2, 0) is 4.79 Å². The molecule has 1 unspecified atom stereocenters. The van der Waals surface area contributed by atoms with Crippen LogP contribution in [0.4, 0.5) is 0 Å². The summed E-state index contributed by atoms with van der Waals surface area (Å²) in [7, 11) is 0. The van der Waals surface area contributed by atoms with E-state index in [0.717, 1.165) is 0 Å². The van der Waals surface area contributed by atoms with E-state index >= 15 is 0 Å². The summed E-state index contributed by atoms with van der Waals surface area (Å²) in [6.07, 6.45) is 1.31. The molecule has 0 saturated heterocycles. The van der Waals surface area contributed by atoms with Crippen LogP contribution in [-0.4, -0.2) is 23.0 Å².